The van der Waals surface area contributed by atoms with Gasteiger partial charge in [0.25, 0.3) is 0 Å². The molecule has 5 aromatic rings. The second-order valence-electron chi connectivity index (χ2n) is 7.29. The van der Waals surface area contributed by atoms with E-state index in [9.17, 15) is 0 Å². The molecule has 0 spiro atoms. The molecule has 4 aromatic heterocycles. The fraction of sp³-hybridized carbons (Fsp3) is 0.182. The van der Waals surface area contributed by atoms with Crippen molar-refractivity contribution < 1.29 is 4.74 Å². The molecule has 0 bridgehead atoms. The lowest BCUT2D eigenvalue weighted by Gasteiger charge is -2.27. The molecule has 0 unspecified atom stereocenters. The van der Waals surface area contributed by atoms with E-state index in [0.717, 1.165) is 63.5 Å². The van der Waals surface area contributed by atoms with Gasteiger partial charge in [-0.3, -0.25) is 10.1 Å². The summed E-state index contributed by atoms with van der Waals surface area (Å²) in [6.07, 6.45) is 5.46. The largest absolute Gasteiger partial charge is 0.378 e. The molecular weight excluding hydrogens is 378 g/mol. The third-order valence-electron chi connectivity index (χ3n) is 5.47. The average Bonchev–Trinajstić information content (AvgIpc) is 3.43. The van der Waals surface area contributed by atoms with Crippen LogP contribution in [0.3, 0.4) is 0 Å². The molecule has 1 aromatic carbocycles. The van der Waals surface area contributed by atoms with Crippen molar-refractivity contribution in [3.05, 3.63) is 55.0 Å². The highest BCUT2D eigenvalue weighted by atomic mass is 16.5. The summed E-state index contributed by atoms with van der Waals surface area (Å²) in [6, 6.07) is 12.2. The number of anilines is 1. The topological polar surface area (TPSA) is 95.6 Å². The summed E-state index contributed by atoms with van der Waals surface area (Å²) in [4.78, 5) is 19.4. The van der Waals surface area contributed by atoms with Crippen molar-refractivity contribution in [3.63, 3.8) is 0 Å². The van der Waals surface area contributed by atoms with E-state index in [1.807, 2.05) is 30.6 Å². The number of nitrogens with zero attached hydrogens (tertiary/aromatic N) is 5. The second-order valence-corrected chi connectivity index (χ2v) is 7.29. The maximum Gasteiger partial charge on any atom is 0.159 e. The van der Waals surface area contributed by atoms with Crippen LogP contribution in [-0.2, 0) is 4.74 Å². The number of rotatable bonds is 3. The monoisotopic (exact) mass is 397 g/mol. The number of hydrogen-bond donors (Lipinski definition) is 2. The number of benzene rings is 1. The van der Waals surface area contributed by atoms with Crippen molar-refractivity contribution in [2.45, 2.75) is 0 Å². The van der Waals surface area contributed by atoms with Crippen molar-refractivity contribution >= 4 is 27.8 Å². The quantitative estimate of drug-likeness (QED) is 0.484. The van der Waals surface area contributed by atoms with Gasteiger partial charge in [0, 0.05) is 42.6 Å². The Morgan fingerprint density at radius 3 is 2.77 bits per heavy atom. The highest BCUT2D eigenvalue weighted by Gasteiger charge is 2.19. The summed E-state index contributed by atoms with van der Waals surface area (Å²) in [5.41, 5.74) is 5.71. The Bertz CT molecular complexity index is 1340. The number of aromatic nitrogens is 6. The standard InChI is InChI=1S/C22H19N7O/c1-2-15(13-23-6-1)14-3-4-17-16(12-14)19(28-27-17)21-25-18-5-7-24-22(20(18)26-21)29-8-10-30-11-9-29/h1-7,12-13H,8-11H2,(H,25,26)(H,27,28). The molecule has 148 valence electrons. The molecule has 5 heterocycles. The molecule has 0 aliphatic carbocycles. The first-order valence-electron chi connectivity index (χ1n) is 9.93. The molecule has 1 aliphatic heterocycles. The Hall–Kier alpha value is -3.78. The lowest BCUT2D eigenvalue weighted by molar-refractivity contribution is 0.122. The number of H-pyrrole nitrogens is 2. The summed E-state index contributed by atoms with van der Waals surface area (Å²) in [5.74, 6) is 1.61. The van der Waals surface area contributed by atoms with Crippen LogP contribution in [0.2, 0.25) is 0 Å². The molecule has 1 fully saturated rings. The van der Waals surface area contributed by atoms with Gasteiger partial charge in [0.05, 0.1) is 24.2 Å². The van der Waals surface area contributed by atoms with E-state index in [-0.39, 0.29) is 0 Å². The molecule has 8 nitrogen and oxygen atoms in total. The Kier molecular flexibility index (Phi) is 3.95. The average molecular weight is 397 g/mol. The highest BCUT2D eigenvalue weighted by Crippen LogP contribution is 2.31. The maximum absolute atomic E-state index is 5.48. The van der Waals surface area contributed by atoms with Crippen molar-refractivity contribution in [1.82, 2.24) is 30.1 Å². The summed E-state index contributed by atoms with van der Waals surface area (Å²) in [5, 5.41) is 8.68. The molecule has 0 atom stereocenters. The predicted molar refractivity (Wildman–Crippen MR) is 115 cm³/mol. The molecule has 8 heteroatoms. The van der Waals surface area contributed by atoms with Gasteiger partial charge in [0.15, 0.2) is 11.6 Å². The van der Waals surface area contributed by atoms with Crippen molar-refractivity contribution in [2.24, 2.45) is 0 Å². The number of morpholine rings is 1. The molecule has 30 heavy (non-hydrogen) atoms. The number of imidazole rings is 1. The zero-order chi connectivity index (χ0) is 19.9. The van der Waals surface area contributed by atoms with Gasteiger partial charge < -0.3 is 14.6 Å². The van der Waals surface area contributed by atoms with Crippen LogP contribution < -0.4 is 4.90 Å². The molecule has 1 saturated heterocycles. The van der Waals surface area contributed by atoms with Crippen LogP contribution in [-0.4, -0.2) is 56.4 Å². The van der Waals surface area contributed by atoms with Gasteiger partial charge in [-0.2, -0.15) is 5.10 Å². The molecule has 1 aliphatic rings. The van der Waals surface area contributed by atoms with Gasteiger partial charge in [-0.1, -0.05) is 12.1 Å². The first kappa shape index (κ1) is 17.1. The van der Waals surface area contributed by atoms with Crippen LogP contribution in [0.1, 0.15) is 0 Å². The molecule has 2 N–H and O–H groups in total. The van der Waals surface area contributed by atoms with Crippen LogP contribution in [0.4, 0.5) is 5.82 Å². The molecule has 0 saturated carbocycles. The van der Waals surface area contributed by atoms with Crippen LogP contribution >= 0.6 is 0 Å². The first-order valence-corrected chi connectivity index (χ1v) is 9.93. The van der Waals surface area contributed by atoms with E-state index in [0.29, 0.717) is 13.2 Å². The first-order chi connectivity index (χ1) is 14.9. The van der Waals surface area contributed by atoms with E-state index in [4.69, 9.17) is 9.72 Å². The lowest BCUT2D eigenvalue weighted by atomic mass is 10.0. The third-order valence-corrected chi connectivity index (χ3v) is 5.47. The normalized spacial score (nSPS) is 14.6. The van der Waals surface area contributed by atoms with E-state index >= 15 is 0 Å². The minimum absolute atomic E-state index is 0.705. The third kappa shape index (κ3) is 2.81. The summed E-state index contributed by atoms with van der Waals surface area (Å²) in [6.45, 7) is 3.04. The van der Waals surface area contributed by atoms with Gasteiger partial charge in [-0.15, -0.1) is 0 Å². The summed E-state index contributed by atoms with van der Waals surface area (Å²) < 4.78 is 5.48. The fourth-order valence-electron chi connectivity index (χ4n) is 3.95. The van der Waals surface area contributed by atoms with Crippen molar-refractivity contribution in [3.8, 4) is 22.6 Å². The number of fused-ring (bicyclic) bond motifs is 2. The molecule has 0 amide bonds. The number of nitrogens with one attached hydrogen (secondary N) is 2. The van der Waals surface area contributed by atoms with E-state index < -0.39 is 0 Å². The number of pyridine rings is 2. The van der Waals surface area contributed by atoms with Crippen LogP contribution in [0.5, 0.6) is 0 Å². The number of aromatic amines is 2. The van der Waals surface area contributed by atoms with Crippen molar-refractivity contribution in [1.29, 1.82) is 0 Å². The van der Waals surface area contributed by atoms with Gasteiger partial charge in [-0.25, -0.2) is 9.97 Å². The van der Waals surface area contributed by atoms with E-state index in [1.165, 1.54) is 0 Å². The smallest absolute Gasteiger partial charge is 0.159 e. The van der Waals surface area contributed by atoms with Crippen LogP contribution in [0.15, 0.2) is 55.0 Å². The maximum atomic E-state index is 5.48. The molecular formula is C22H19N7O. The Morgan fingerprint density at radius 1 is 0.967 bits per heavy atom. The number of hydrogen-bond acceptors (Lipinski definition) is 6. The Labute approximate surface area is 172 Å². The molecule has 6 rings (SSSR count). The number of ether oxygens (including phenoxy) is 1. The SMILES string of the molecule is c1cncc(-c2ccc3[nH]nc(-c4nc5c(N6CCOCC6)nccc5[nH]4)c3c2)c1. The zero-order valence-corrected chi connectivity index (χ0v) is 16.2. The molecule has 0 radical (unpaired) electrons. The van der Waals surface area contributed by atoms with Crippen LogP contribution in [0.25, 0.3) is 44.6 Å². The second kappa shape index (κ2) is 6.93. The Balaban J connectivity index is 1.47. The Morgan fingerprint density at radius 2 is 1.90 bits per heavy atom. The van der Waals surface area contributed by atoms with Crippen LogP contribution in [0, 0.1) is 0 Å². The van der Waals surface area contributed by atoms with E-state index in [2.05, 4.69) is 48.2 Å². The minimum atomic E-state index is 0.705. The van der Waals surface area contributed by atoms with E-state index in [1.54, 1.807) is 6.20 Å². The van der Waals surface area contributed by atoms with Crippen molar-refractivity contribution in [2.75, 3.05) is 31.2 Å². The fourth-order valence-corrected chi connectivity index (χ4v) is 3.95. The van der Waals surface area contributed by atoms with Gasteiger partial charge in [0.2, 0.25) is 0 Å². The van der Waals surface area contributed by atoms with Gasteiger partial charge in [0.1, 0.15) is 11.2 Å². The predicted octanol–water partition coefficient (Wildman–Crippen LogP) is 3.40. The zero-order valence-electron chi connectivity index (χ0n) is 16.2. The summed E-state index contributed by atoms with van der Waals surface area (Å²) in [7, 11) is 0. The minimum Gasteiger partial charge on any atom is -0.378 e. The van der Waals surface area contributed by atoms with Gasteiger partial charge >= 0.3 is 0 Å². The summed E-state index contributed by atoms with van der Waals surface area (Å²) >= 11 is 0. The van der Waals surface area contributed by atoms with Gasteiger partial charge in [-0.05, 0) is 29.8 Å². The lowest BCUT2D eigenvalue weighted by Crippen LogP contribution is -2.36. The highest BCUT2D eigenvalue weighted by molar-refractivity contribution is 5.97.